The van der Waals surface area contributed by atoms with Crippen molar-refractivity contribution in [1.29, 1.82) is 0 Å². The zero-order valence-electron chi connectivity index (χ0n) is 20.3. The van der Waals surface area contributed by atoms with Crippen LogP contribution in [-0.2, 0) is 0 Å². The molecule has 1 atom stereocenters. The average Bonchev–Trinajstić information content (AvgIpc) is 3.50. The number of benzene rings is 5. The summed E-state index contributed by atoms with van der Waals surface area (Å²) < 4.78 is 25.0. The van der Waals surface area contributed by atoms with Crippen LogP contribution in [0, 0.1) is 0 Å². The largest absolute Gasteiger partial charge is 0.667 e. The molecule has 10 rings (SSSR count). The van der Waals surface area contributed by atoms with E-state index in [0.717, 1.165) is 76.9 Å². The van der Waals surface area contributed by atoms with E-state index in [1.807, 2.05) is 25.6 Å². The number of nitrogens with zero attached hydrogens (tertiary/aromatic N) is 3. The minimum atomic E-state index is -2.98. The normalized spacial score (nSPS) is 17.2. The van der Waals surface area contributed by atoms with Crippen LogP contribution in [0.3, 0.4) is 0 Å². The van der Waals surface area contributed by atoms with Gasteiger partial charge < -0.3 is 17.7 Å². The van der Waals surface area contributed by atoms with Gasteiger partial charge in [0, 0.05) is 55.7 Å². The molecule has 0 aliphatic carbocycles. The SMILES string of the molecule is F[B-]12n3c4ccccc4c4cccc(c43)-c3cccc([n+]31)-c1cccc3c4c5ccccc5ccc4n2c13. The Morgan fingerprint density at radius 3 is 1.92 bits per heavy atom. The Hall–Kier alpha value is -4.90. The molecule has 0 amide bonds. The number of rotatable bonds is 0. The van der Waals surface area contributed by atoms with Crippen molar-refractivity contribution in [1.82, 2.24) is 8.96 Å². The molecule has 5 heterocycles. The lowest BCUT2D eigenvalue weighted by atomic mass is 9.75. The molecule has 38 heavy (non-hydrogen) atoms. The summed E-state index contributed by atoms with van der Waals surface area (Å²) in [5.41, 5.74) is 7.71. The van der Waals surface area contributed by atoms with E-state index in [9.17, 15) is 0 Å². The van der Waals surface area contributed by atoms with Crippen LogP contribution < -0.4 is 4.48 Å². The van der Waals surface area contributed by atoms with Crippen LogP contribution in [0.25, 0.3) is 76.9 Å². The maximum atomic E-state index is 19.0. The summed E-state index contributed by atoms with van der Waals surface area (Å²) in [6.45, 7) is -2.98. The van der Waals surface area contributed by atoms with Crippen molar-refractivity contribution in [3.05, 3.63) is 115 Å². The predicted octanol–water partition coefficient (Wildman–Crippen LogP) is 7.65. The predicted molar refractivity (Wildman–Crippen MR) is 154 cm³/mol. The second-order valence-corrected chi connectivity index (χ2v) is 10.6. The van der Waals surface area contributed by atoms with E-state index in [0.29, 0.717) is 0 Å². The van der Waals surface area contributed by atoms with Crippen molar-refractivity contribution < 1.29 is 8.79 Å². The fourth-order valence-electron chi connectivity index (χ4n) is 7.68. The molecule has 3 nitrogen and oxygen atoms in total. The Bertz CT molecular complexity index is 2380. The molecule has 0 N–H and O–H groups in total. The summed E-state index contributed by atoms with van der Waals surface area (Å²) in [5.74, 6) is 0. The number of aromatic nitrogens is 3. The smallest absolute Gasteiger partial charge is 0.400 e. The molecular weight excluding hydrogens is 468 g/mol. The molecule has 8 aromatic rings. The van der Waals surface area contributed by atoms with Gasteiger partial charge in [0.2, 0.25) is 0 Å². The number of hydrogen-bond acceptors (Lipinski definition) is 0. The van der Waals surface area contributed by atoms with Crippen LogP contribution in [0.5, 0.6) is 0 Å². The van der Waals surface area contributed by atoms with Gasteiger partial charge in [0.05, 0.1) is 11.1 Å². The molecule has 3 aromatic heterocycles. The maximum absolute atomic E-state index is 19.0. The number of pyridine rings is 1. The highest BCUT2D eigenvalue weighted by molar-refractivity contribution is 6.68. The van der Waals surface area contributed by atoms with Crippen LogP contribution in [0.2, 0.25) is 0 Å². The molecule has 0 radical (unpaired) electrons. The topological polar surface area (TPSA) is 13.7 Å². The first-order chi connectivity index (χ1) is 18.8. The van der Waals surface area contributed by atoms with E-state index < -0.39 is 6.83 Å². The molecule has 0 saturated heterocycles. The lowest BCUT2D eigenvalue weighted by Crippen LogP contribution is -2.75. The number of para-hydroxylation sites is 3. The fraction of sp³-hybridized carbons (Fsp3) is 0. The number of fused-ring (bicyclic) bond motifs is 12. The molecule has 0 spiro atoms. The minimum Gasteiger partial charge on any atom is -0.400 e. The molecular formula is C33H19BFN3. The number of halogens is 1. The third-order valence-electron chi connectivity index (χ3n) is 9.01. The van der Waals surface area contributed by atoms with Gasteiger partial charge in [-0.05, 0) is 41.1 Å². The van der Waals surface area contributed by atoms with Crippen LogP contribution in [-0.4, -0.2) is 15.8 Å². The van der Waals surface area contributed by atoms with E-state index >= 15 is 4.32 Å². The summed E-state index contributed by atoms with van der Waals surface area (Å²) in [4.78, 5) is 0. The summed E-state index contributed by atoms with van der Waals surface area (Å²) in [5, 5.41) is 6.69. The van der Waals surface area contributed by atoms with E-state index in [-0.39, 0.29) is 0 Å². The highest BCUT2D eigenvalue weighted by atomic mass is 19.1. The lowest BCUT2D eigenvalue weighted by molar-refractivity contribution is -0.539. The summed E-state index contributed by atoms with van der Waals surface area (Å²) in [6, 6.07) is 39.9. The quantitative estimate of drug-likeness (QED) is 0.195. The zero-order chi connectivity index (χ0) is 24.7. The first-order valence-electron chi connectivity index (χ1n) is 13.1. The third kappa shape index (κ3) is 1.89. The Kier molecular flexibility index (Phi) is 3.11. The van der Waals surface area contributed by atoms with Crippen molar-refractivity contribution in [2.75, 3.05) is 0 Å². The maximum Gasteiger partial charge on any atom is 0.667 e. The highest BCUT2D eigenvalue weighted by Gasteiger charge is 2.55. The molecule has 2 aliphatic heterocycles. The van der Waals surface area contributed by atoms with Gasteiger partial charge in [-0.2, -0.15) is 0 Å². The molecule has 5 aromatic carbocycles. The molecule has 2 aliphatic rings. The Morgan fingerprint density at radius 1 is 0.500 bits per heavy atom. The van der Waals surface area contributed by atoms with Crippen LogP contribution in [0.4, 0.5) is 4.32 Å². The van der Waals surface area contributed by atoms with Crippen molar-refractivity contribution in [2.45, 2.75) is 0 Å². The first-order valence-corrected chi connectivity index (χ1v) is 13.1. The fourth-order valence-corrected chi connectivity index (χ4v) is 7.68. The van der Waals surface area contributed by atoms with Crippen molar-refractivity contribution in [2.24, 2.45) is 0 Å². The molecule has 176 valence electrons. The van der Waals surface area contributed by atoms with Crippen LogP contribution in [0.15, 0.2) is 115 Å². The van der Waals surface area contributed by atoms with Gasteiger partial charge in [0.15, 0.2) is 11.4 Å². The second kappa shape index (κ2) is 6.14. The summed E-state index contributed by atoms with van der Waals surface area (Å²) in [6.07, 6.45) is 0. The van der Waals surface area contributed by atoms with E-state index in [1.165, 1.54) is 0 Å². The van der Waals surface area contributed by atoms with Gasteiger partial charge in [0.25, 0.3) is 0 Å². The number of hydrogen-bond donors (Lipinski definition) is 0. The van der Waals surface area contributed by atoms with Gasteiger partial charge in [0.1, 0.15) is 0 Å². The molecule has 0 fully saturated rings. The van der Waals surface area contributed by atoms with E-state index in [1.54, 1.807) is 0 Å². The van der Waals surface area contributed by atoms with Gasteiger partial charge >= 0.3 is 6.83 Å². The van der Waals surface area contributed by atoms with E-state index in [4.69, 9.17) is 0 Å². The van der Waals surface area contributed by atoms with Crippen LogP contribution in [0.1, 0.15) is 0 Å². The summed E-state index contributed by atoms with van der Waals surface area (Å²) >= 11 is 0. The highest BCUT2D eigenvalue weighted by Crippen LogP contribution is 2.47. The van der Waals surface area contributed by atoms with Gasteiger partial charge in [-0.25, -0.2) is 0 Å². The van der Waals surface area contributed by atoms with E-state index in [2.05, 4.69) is 103 Å². The standard InChI is InChI=1S/C33H19BFN3/c35-34-36-28(24-12-5-11-23-22-10-3-4-15-27(22)37(34)32(23)24)16-7-17-29(36)25-13-6-14-26-31-21-9-2-1-8-20(21)18-19-30(31)38(34)33(25)26/h1-19H. The molecule has 0 saturated carbocycles. The van der Waals surface area contributed by atoms with Gasteiger partial charge in [-0.15, -0.1) is 0 Å². The average molecular weight is 487 g/mol. The van der Waals surface area contributed by atoms with Crippen molar-refractivity contribution in [3.63, 3.8) is 0 Å². The Balaban J connectivity index is 1.55. The molecule has 1 unspecified atom stereocenters. The first kappa shape index (κ1) is 19.2. The van der Waals surface area contributed by atoms with Gasteiger partial charge in [-0.3, -0.25) is 0 Å². The van der Waals surface area contributed by atoms with Crippen LogP contribution >= 0.6 is 0 Å². The molecule has 0 bridgehead atoms. The Morgan fingerprint density at radius 2 is 1.11 bits per heavy atom. The monoisotopic (exact) mass is 487 g/mol. The lowest BCUT2D eigenvalue weighted by Gasteiger charge is -2.41. The van der Waals surface area contributed by atoms with Crippen molar-refractivity contribution >= 4 is 61.2 Å². The Labute approximate surface area is 216 Å². The minimum absolute atomic E-state index is 0.913. The van der Waals surface area contributed by atoms with Gasteiger partial charge in [-0.1, -0.05) is 72.8 Å². The van der Waals surface area contributed by atoms with Crippen molar-refractivity contribution in [3.8, 4) is 22.5 Å². The zero-order valence-corrected chi connectivity index (χ0v) is 20.3. The second-order valence-electron chi connectivity index (χ2n) is 10.6. The third-order valence-corrected chi connectivity index (χ3v) is 9.01. The summed E-state index contributed by atoms with van der Waals surface area (Å²) in [7, 11) is 0. The molecule has 5 heteroatoms.